The summed E-state index contributed by atoms with van der Waals surface area (Å²) in [6.45, 7) is 4.15. The molecule has 0 fully saturated rings. The van der Waals surface area contributed by atoms with E-state index < -0.39 is 11.6 Å². The Kier molecular flexibility index (Phi) is 5.83. The van der Waals surface area contributed by atoms with Crippen LogP contribution in [0.5, 0.6) is 0 Å². The Balaban J connectivity index is 2.78. The Hall–Kier alpha value is -0.190. The molecule has 0 bridgehead atoms. The molecule has 0 aliphatic carbocycles. The van der Waals surface area contributed by atoms with E-state index in [1.54, 1.807) is 0 Å². The van der Waals surface area contributed by atoms with Crippen LogP contribution >= 0.6 is 27.5 Å². The van der Waals surface area contributed by atoms with Gasteiger partial charge in [0.15, 0.2) is 0 Å². The van der Waals surface area contributed by atoms with Crippen molar-refractivity contribution in [2.75, 3.05) is 5.88 Å². The predicted molar refractivity (Wildman–Crippen MR) is 70.2 cm³/mol. The van der Waals surface area contributed by atoms with Gasteiger partial charge in [0.25, 0.3) is 0 Å². The van der Waals surface area contributed by atoms with Gasteiger partial charge in [-0.3, -0.25) is 0 Å². The molecular formula is C12H15BrClF2N. The largest absolute Gasteiger partial charge is 0.308 e. The van der Waals surface area contributed by atoms with Crippen molar-refractivity contribution in [3.8, 4) is 0 Å². The number of benzene rings is 1. The molecule has 5 heteroatoms. The topological polar surface area (TPSA) is 12.0 Å². The molecule has 1 atom stereocenters. The first-order chi connectivity index (χ1) is 7.97. The fraction of sp³-hybridized carbons (Fsp3) is 0.500. The van der Waals surface area contributed by atoms with Crippen molar-refractivity contribution in [1.82, 2.24) is 5.32 Å². The molecule has 96 valence electrons. The lowest BCUT2D eigenvalue weighted by Gasteiger charge is -2.20. The van der Waals surface area contributed by atoms with Crippen LogP contribution in [0, 0.1) is 17.6 Å². The van der Waals surface area contributed by atoms with Gasteiger partial charge in [-0.05, 0) is 34.0 Å². The number of rotatable bonds is 5. The van der Waals surface area contributed by atoms with Crippen LogP contribution in [0.4, 0.5) is 8.78 Å². The highest BCUT2D eigenvalue weighted by Gasteiger charge is 2.16. The van der Waals surface area contributed by atoms with E-state index in [0.717, 1.165) is 0 Å². The van der Waals surface area contributed by atoms with Crippen LogP contribution in [-0.2, 0) is 6.54 Å². The second kappa shape index (κ2) is 6.66. The van der Waals surface area contributed by atoms with Gasteiger partial charge in [0, 0.05) is 24.0 Å². The highest BCUT2D eigenvalue weighted by Crippen LogP contribution is 2.21. The van der Waals surface area contributed by atoms with Gasteiger partial charge in [0.05, 0.1) is 4.47 Å². The van der Waals surface area contributed by atoms with Gasteiger partial charge >= 0.3 is 0 Å². The normalized spacial score (nSPS) is 13.1. The first-order valence-electron chi connectivity index (χ1n) is 5.39. The summed E-state index contributed by atoms with van der Waals surface area (Å²) >= 11 is 8.82. The van der Waals surface area contributed by atoms with Crippen LogP contribution in [0.3, 0.4) is 0 Å². The average Bonchev–Trinajstić information content (AvgIpc) is 2.28. The summed E-state index contributed by atoms with van der Waals surface area (Å²) in [5.41, 5.74) is 0.0372. The minimum atomic E-state index is -0.561. The molecule has 1 aromatic carbocycles. The molecule has 0 saturated heterocycles. The van der Waals surface area contributed by atoms with Crippen molar-refractivity contribution < 1.29 is 8.78 Å². The van der Waals surface area contributed by atoms with Crippen molar-refractivity contribution in [2.45, 2.75) is 26.4 Å². The van der Waals surface area contributed by atoms with Crippen LogP contribution in [0.15, 0.2) is 16.6 Å². The predicted octanol–water partition coefficient (Wildman–Crippen LogP) is 4.08. The van der Waals surface area contributed by atoms with Gasteiger partial charge < -0.3 is 5.32 Å². The molecule has 0 aromatic heterocycles. The third kappa shape index (κ3) is 3.90. The molecule has 0 saturated carbocycles. The summed E-state index contributed by atoms with van der Waals surface area (Å²) in [4.78, 5) is 0. The number of hydrogen-bond acceptors (Lipinski definition) is 1. The Labute approximate surface area is 114 Å². The number of halogens is 4. The SMILES string of the molecule is CC(C)C(CCl)NCc1c(F)ccc(Br)c1F. The van der Waals surface area contributed by atoms with Crippen LogP contribution in [0.25, 0.3) is 0 Å². The Bertz CT molecular complexity index is 385. The van der Waals surface area contributed by atoms with E-state index in [1.807, 2.05) is 13.8 Å². The maximum Gasteiger partial charge on any atom is 0.144 e. The van der Waals surface area contributed by atoms with E-state index in [9.17, 15) is 8.78 Å². The van der Waals surface area contributed by atoms with Crippen molar-refractivity contribution >= 4 is 27.5 Å². The van der Waals surface area contributed by atoms with Crippen LogP contribution < -0.4 is 5.32 Å². The monoisotopic (exact) mass is 325 g/mol. The van der Waals surface area contributed by atoms with Gasteiger partial charge in [-0.25, -0.2) is 8.78 Å². The fourth-order valence-electron chi connectivity index (χ4n) is 1.43. The lowest BCUT2D eigenvalue weighted by Crippen LogP contribution is -2.35. The lowest BCUT2D eigenvalue weighted by atomic mass is 10.1. The number of nitrogens with one attached hydrogen (secondary N) is 1. The van der Waals surface area contributed by atoms with E-state index in [4.69, 9.17) is 11.6 Å². The zero-order valence-corrected chi connectivity index (χ0v) is 12.1. The van der Waals surface area contributed by atoms with E-state index in [0.29, 0.717) is 11.8 Å². The zero-order chi connectivity index (χ0) is 13.0. The van der Waals surface area contributed by atoms with Crippen molar-refractivity contribution in [3.05, 3.63) is 33.8 Å². The number of hydrogen-bond donors (Lipinski definition) is 1. The van der Waals surface area contributed by atoms with E-state index in [1.165, 1.54) is 12.1 Å². The van der Waals surface area contributed by atoms with Crippen LogP contribution in [0.2, 0.25) is 0 Å². The smallest absolute Gasteiger partial charge is 0.144 e. The molecule has 1 rings (SSSR count). The van der Waals surface area contributed by atoms with Crippen molar-refractivity contribution in [2.24, 2.45) is 5.92 Å². The second-order valence-electron chi connectivity index (χ2n) is 4.21. The summed E-state index contributed by atoms with van der Waals surface area (Å²) in [7, 11) is 0. The molecule has 0 spiro atoms. The van der Waals surface area contributed by atoms with E-state index in [2.05, 4.69) is 21.2 Å². The maximum absolute atomic E-state index is 13.7. The highest BCUT2D eigenvalue weighted by molar-refractivity contribution is 9.10. The molecule has 0 aliphatic heterocycles. The standard InChI is InChI=1S/C12H15BrClF2N/c1-7(2)11(5-14)17-6-8-10(15)4-3-9(13)12(8)16/h3-4,7,11,17H,5-6H2,1-2H3. The van der Waals surface area contributed by atoms with Gasteiger partial charge in [0.1, 0.15) is 11.6 Å². The van der Waals surface area contributed by atoms with Crippen LogP contribution in [0.1, 0.15) is 19.4 Å². The summed E-state index contributed by atoms with van der Waals surface area (Å²) in [5.74, 6) is -0.384. The zero-order valence-electron chi connectivity index (χ0n) is 9.74. The fourth-order valence-corrected chi connectivity index (χ4v) is 2.27. The van der Waals surface area contributed by atoms with Gasteiger partial charge in [-0.15, -0.1) is 11.6 Å². The summed E-state index contributed by atoms with van der Waals surface area (Å²) in [6, 6.07) is 2.64. The van der Waals surface area contributed by atoms with Gasteiger partial charge in [-0.2, -0.15) is 0 Å². The summed E-state index contributed by atoms with van der Waals surface area (Å²) in [5, 5.41) is 3.06. The molecule has 17 heavy (non-hydrogen) atoms. The molecule has 1 unspecified atom stereocenters. The lowest BCUT2D eigenvalue weighted by molar-refractivity contribution is 0.418. The number of alkyl halides is 1. The van der Waals surface area contributed by atoms with E-state index in [-0.39, 0.29) is 22.6 Å². The minimum absolute atomic E-state index is 0.0365. The molecule has 0 heterocycles. The molecule has 1 N–H and O–H groups in total. The molecule has 1 aromatic rings. The summed E-state index contributed by atoms with van der Waals surface area (Å²) in [6.07, 6.45) is 0. The second-order valence-corrected chi connectivity index (χ2v) is 5.37. The third-order valence-corrected chi connectivity index (χ3v) is 3.60. The first kappa shape index (κ1) is 14.9. The Morgan fingerprint density at radius 2 is 2.00 bits per heavy atom. The highest BCUT2D eigenvalue weighted by atomic mass is 79.9. The molecular weight excluding hydrogens is 311 g/mol. The maximum atomic E-state index is 13.7. The third-order valence-electron chi connectivity index (χ3n) is 2.65. The van der Waals surface area contributed by atoms with Crippen molar-refractivity contribution in [1.29, 1.82) is 0 Å². The van der Waals surface area contributed by atoms with Gasteiger partial charge in [-0.1, -0.05) is 13.8 Å². The molecule has 0 aliphatic rings. The molecule has 0 amide bonds. The van der Waals surface area contributed by atoms with Crippen LogP contribution in [-0.4, -0.2) is 11.9 Å². The molecule has 1 nitrogen and oxygen atoms in total. The first-order valence-corrected chi connectivity index (χ1v) is 6.71. The summed E-state index contributed by atoms with van der Waals surface area (Å²) < 4.78 is 27.4. The quantitative estimate of drug-likeness (QED) is 0.635. The minimum Gasteiger partial charge on any atom is -0.308 e. The average molecular weight is 327 g/mol. The van der Waals surface area contributed by atoms with E-state index >= 15 is 0 Å². The van der Waals surface area contributed by atoms with Gasteiger partial charge in [0.2, 0.25) is 0 Å². The molecule has 0 radical (unpaired) electrons. The Morgan fingerprint density at radius 3 is 2.53 bits per heavy atom. The van der Waals surface area contributed by atoms with Crippen molar-refractivity contribution in [3.63, 3.8) is 0 Å². The Morgan fingerprint density at radius 1 is 1.35 bits per heavy atom.